The van der Waals surface area contributed by atoms with Crippen molar-refractivity contribution in [2.45, 2.75) is 6.92 Å². The van der Waals surface area contributed by atoms with Crippen LogP contribution in [-0.4, -0.2) is 33.3 Å². The Labute approximate surface area is 153 Å². The van der Waals surface area contributed by atoms with E-state index < -0.39 is 0 Å². The average molecular weight is 367 g/mol. The van der Waals surface area contributed by atoms with E-state index in [9.17, 15) is 4.79 Å². The highest BCUT2D eigenvalue weighted by Crippen LogP contribution is 2.30. The summed E-state index contributed by atoms with van der Waals surface area (Å²) in [5, 5.41) is 2.85. The highest BCUT2D eigenvalue weighted by molar-refractivity contribution is 6.05. The van der Waals surface area contributed by atoms with Gasteiger partial charge in [0.15, 0.2) is 11.5 Å². The first-order chi connectivity index (χ1) is 11.5. The Hall–Kier alpha value is -2.44. The Bertz CT molecular complexity index is 722. The lowest BCUT2D eigenvalue weighted by atomic mass is 10.1. The Balaban J connectivity index is 0.00000312. The Morgan fingerprint density at radius 1 is 1.08 bits per heavy atom. The predicted octanol–water partition coefficient (Wildman–Crippen LogP) is 3.29. The largest absolute Gasteiger partial charge is 0.493 e. The first-order valence-electron chi connectivity index (χ1n) is 7.52. The molecule has 0 aromatic heterocycles. The van der Waals surface area contributed by atoms with E-state index in [0.29, 0.717) is 41.7 Å². The molecule has 0 saturated carbocycles. The van der Waals surface area contributed by atoms with Crippen molar-refractivity contribution in [3.63, 3.8) is 0 Å². The van der Waals surface area contributed by atoms with Crippen LogP contribution < -0.4 is 20.5 Å². The molecule has 0 aliphatic heterocycles. The number of nitrogens with one attached hydrogen (secondary N) is 1. The Morgan fingerprint density at radius 2 is 1.84 bits per heavy atom. The van der Waals surface area contributed by atoms with Gasteiger partial charge in [0.05, 0.1) is 13.7 Å². The predicted molar refractivity (Wildman–Crippen MR) is 101 cm³/mol. The number of rotatable bonds is 7. The summed E-state index contributed by atoms with van der Waals surface area (Å²) >= 11 is 0. The molecule has 0 saturated heterocycles. The number of halogens is 1. The molecule has 6 nitrogen and oxygen atoms in total. The summed E-state index contributed by atoms with van der Waals surface area (Å²) in [4.78, 5) is 12.5. The minimum Gasteiger partial charge on any atom is -0.493 e. The van der Waals surface area contributed by atoms with Crippen LogP contribution in [0.25, 0.3) is 0 Å². The van der Waals surface area contributed by atoms with Crippen molar-refractivity contribution < 1.29 is 19.0 Å². The van der Waals surface area contributed by atoms with Crippen molar-refractivity contribution >= 4 is 29.7 Å². The van der Waals surface area contributed by atoms with E-state index in [1.807, 2.05) is 13.0 Å². The van der Waals surface area contributed by atoms with E-state index in [0.717, 1.165) is 5.56 Å². The second kappa shape index (κ2) is 9.76. The molecule has 0 atom stereocenters. The number of nitrogens with two attached hydrogens (primary N) is 1. The van der Waals surface area contributed by atoms with E-state index in [4.69, 9.17) is 19.9 Å². The normalized spacial score (nSPS) is 9.88. The maximum atomic E-state index is 12.5. The quantitative estimate of drug-likeness (QED) is 0.580. The first kappa shape index (κ1) is 20.6. The molecule has 0 aliphatic rings. The van der Waals surface area contributed by atoms with Gasteiger partial charge in [-0.3, -0.25) is 4.79 Å². The lowest BCUT2D eigenvalue weighted by Gasteiger charge is -2.13. The lowest BCUT2D eigenvalue weighted by Crippen LogP contribution is -2.14. The van der Waals surface area contributed by atoms with E-state index in [2.05, 4.69) is 5.32 Å². The fourth-order valence-electron chi connectivity index (χ4n) is 2.18. The zero-order chi connectivity index (χ0) is 17.5. The van der Waals surface area contributed by atoms with Crippen LogP contribution in [0, 0.1) is 6.92 Å². The minimum atomic E-state index is -0.229. The highest BCUT2D eigenvalue weighted by atomic mass is 35.5. The van der Waals surface area contributed by atoms with E-state index in [1.54, 1.807) is 44.6 Å². The number of anilines is 2. The third-order valence-electron chi connectivity index (χ3n) is 3.47. The molecular formula is C18H23ClN2O4. The van der Waals surface area contributed by atoms with Gasteiger partial charge in [0, 0.05) is 30.1 Å². The van der Waals surface area contributed by atoms with E-state index in [-0.39, 0.29) is 18.3 Å². The van der Waals surface area contributed by atoms with E-state index >= 15 is 0 Å². The number of benzene rings is 2. The summed E-state index contributed by atoms with van der Waals surface area (Å²) in [5.74, 6) is 0.897. The van der Waals surface area contributed by atoms with Crippen molar-refractivity contribution in [2.75, 3.05) is 38.5 Å². The molecule has 0 aliphatic carbocycles. The molecule has 25 heavy (non-hydrogen) atoms. The van der Waals surface area contributed by atoms with Gasteiger partial charge in [-0.15, -0.1) is 12.4 Å². The van der Waals surface area contributed by atoms with Crippen molar-refractivity contribution in [3.8, 4) is 11.5 Å². The van der Waals surface area contributed by atoms with E-state index in [1.165, 1.54) is 0 Å². The Kier molecular flexibility index (Phi) is 8.04. The monoisotopic (exact) mass is 366 g/mol. The minimum absolute atomic E-state index is 0. The molecule has 0 heterocycles. The summed E-state index contributed by atoms with van der Waals surface area (Å²) in [6.45, 7) is 2.71. The van der Waals surface area contributed by atoms with Gasteiger partial charge in [0.1, 0.15) is 6.61 Å². The van der Waals surface area contributed by atoms with Gasteiger partial charge in [0.2, 0.25) is 0 Å². The summed E-state index contributed by atoms with van der Waals surface area (Å²) in [6, 6.07) is 10.4. The fourth-order valence-corrected chi connectivity index (χ4v) is 2.18. The van der Waals surface area contributed by atoms with Gasteiger partial charge in [0.25, 0.3) is 5.91 Å². The average Bonchev–Trinajstić information content (AvgIpc) is 2.57. The van der Waals surface area contributed by atoms with Crippen LogP contribution in [0.3, 0.4) is 0 Å². The highest BCUT2D eigenvalue weighted by Gasteiger charge is 2.12. The van der Waals surface area contributed by atoms with Crippen molar-refractivity contribution in [2.24, 2.45) is 0 Å². The molecular weight excluding hydrogens is 344 g/mol. The molecule has 136 valence electrons. The summed E-state index contributed by atoms with van der Waals surface area (Å²) < 4.78 is 15.8. The molecule has 0 bridgehead atoms. The standard InChI is InChI=1S/C18H22N2O4.ClH/c1-12-4-5-13(19)10-15(12)18(21)20-14-6-7-16(23-3)17(11-14)24-9-8-22-2;/h4-7,10-11H,8-9,19H2,1-3H3,(H,20,21);1H. The van der Waals surface area contributed by atoms with Crippen LogP contribution in [0.2, 0.25) is 0 Å². The number of amides is 1. The number of aryl methyl sites for hydroxylation is 1. The van der Waals surface area contributed by atoms with Crippen LogP contribution in [0.4, 0.5) is 11.4 Å². The Morgan fingerprint density at radius 3 is 2.52 bits per heavy atom. The topological polar surface area (TPSA) is 82.8 Å². The second-order valence-electron chi connectivity index (χ2n) is 5.24. The molecule has 2 rings (SSSR count). The summed E-state index contributed by atoms with van der Waals surface area (Å²) in [6.07, 6.45) is 0. The number of hydrogen-bond acceptors (Lipinski definition) is 5. The third-order valence-corrected chi connectivity index (χ3v) is 3.47. The maximum absolute atomic E-state index is 12.5. The number of carbonyl (C=O) groups excluding carboxylic acids is 1. The zero-order valence-electron chi connectivity index (χ0n) is 14.5. The first-order valence-corrected chi connectivity index (χ1v) is 7.52. The zero-order valence-corrected chi connectivity index (χ0v) is 15.3. The molecule has 3 N–H and O–H groups in total. The number of nitrogen functional groups attached to an aromatic ring is 1. The van der Waals surface area contributed by atoms with Gasteiger partial charge in [-0.05, 0) is 36.8 Å². The summed E-state index contributed by atoms with van der Waals surface area (Å²) in [5.41, 5.74) is 8.30. The number of methoxy groups -OCH3 is 2. The molecule has 0 fully saturated rings. The van der Waals surface area contributed by atoms with Crippen LogP contribution >= 0.6 is 12.4 Å². The fraction of sp³-hybridized carbons (Fsp3) is 0.278. The molecule has 0 radical (unpaired) electrons. The van der Waals surface area contributed by atoms with Crippen molar-refractivity contribution in [1.29, 1.82) is 0 Å². The second-order valence-corrected chi connectivity index (χ2v) is 5.24. The molecule has 1 amide bonds. The molecule has 0 spiro atoms. The summed E-state index contributed by atoms with van der Waals surface area (Å²) in [7, 11) is 3.16. The van der Waals surface area contributed by atoms with Gasteiger partial charge in [-0.25, -0.2) is 0 Å². The smallest absolute Gasteiger partial charge is 0.256 e. The molecule has 2 aromatic rings. The molecule has 7 heteroatoms. The number of carbonyl (C=O) groups is 1. The molecule has 0 unspecified atom stereocenters. The van der Waals surface area contributed by atoms with Crippen molar-refractivity contribution in [3.05, 3.63) is 47.5 Å². The number of ether oxygens (including phenoxy) is 3. The van der Waals surface area contributed by atoms with Crippen LogP contribution in [0.1, 0.15) is 15.9 Å². The van der Waals surface area contributed by atoms with Crippen molar-refractivity contribution in [1.82, 2.24) is 0 Å². The van der Waals surface area contributed by atoms with Gasteiger partial charge >= 0.3 is 0 Å². The number of hydrogen-bond donors (Lipinski definition) is 2. The maximum Gasteiger partial charge on any atom is 0.256 e. The third kappa shape index (κ3) is 5.55. The van der Waals surface area contributed by atoms with Crippen LogP contribution in [-0.2, 0) is 4.74 Å². The van der Waals surface area contributed by atoms with Gasteiger partial charge < -0.3 is 25.3 Å². The lowest BCUT2D eigenvalue weighted by molar-refractivity contribution is 0.102. The van der Waals surface area contributed by atoms with Gasteiger partial charge in [-0.2, -0.15) is 0 Å². The van der Waals surface area contributed by atoms with Gasteiger partial charge in [-0.1, -0.05) is 6.07 Å². The van der Waals surface area contributed by atoms with Crippen LogP contribution in [0.15, 0.2) is 36.4 Å². The molecule has 2 aromatic carbocycles. The SMILES string of the molecule is COCCOc1cc(NC(=O)c2cc(N)ccc2C)ccc1OC.Cl. The van der Waals surface area contributed by atoms with Crippen LogP contribution in [0.5, 0.6) is 11.5 Å².